The highest BCUT2D eigenvalue weighted by Crippen LogP contribution is 2.33. The lowest BCUT2D eigenvalue weighted by molar-refractivity contribution is -0.133. The number of amides is 2. The Balaban J connectivity index is 1.52. The average Bonchev–Trinajstić information content (AvgIpc) is 2.85. The van der Waals surface area contributed by atoms with Crippen LogP contribution >= 0.6 is 11.6 Å². The molecule has 0 radical (unpaired) electrons. The first-order chi connectivity index (χ1) is 17.7. The van der Waals surface area contributed by atoms with Crippen molar-refractivity contribution in [3.05, 3.63) is 83.0 Å². The molecule has 1 aliphatic rings. The first-order valence-corrected chi connectivity index (χ1v) is 12.4. The zero-order valence-corrected chi connectivity index (χ0v) is 21.7. The molecular weight excluding hydrogens is 493 g/mol. The van der Waals surface area contributed by atoms with Gasteiger partial charge in [0.25, 0.3) is 0 Å². The maximum atomic E-state index is 13.3. The number of nitrogens with zero attached hydrogens (tertiary/aromatic N) is 4. The van der Waals surface area contributed by atoms with Gasteiger partial charge in [-0.25, -0.2) is 4.39 Å². The third-order valence-electron chi connectivity index (χ3n) is 6.26. The van der Waals surface area contributed by atoms with Crippen LogP contribution < -0.4 is 5.32 Å². The van der Waals surface area contributed by atoms with Gasteiger partial charge in [0.1, 0.15) is 5.82 Å². The van der Waals surface area contributed by atoms with Crippen molar-refractivity contribution in [2.75, 3.05) is 18.4 Å². The minimum Gasteiger partial charge on any atom is -0.331 e. The molecule has 7 nitrogen and oxygen atoms in total. The number of carbonyl (C=O) groups is 2. The van der Waals surface area contributed by atoms with Crippen LogP contribution in [0.3, 0.4) is 0 Å². The Hall–Kier alpha value is -3.62. The first-order valence-electron chi connectivity index (χ1n) is 12.1. The maximum absolute atomic E-state index is 13.3. The van der Waals surface area contributed by atoms with Crippen molar-refractivity contribution in [3.63, 3.8) is 0 Å². The molecule has 2 unspecified atom stereocenters. The Labute approximate surface area is 221 Å². The third kappa shape index (κ3) is 6.58. The molecule has 2 aromatic carbocycles. The van der Waals surface area contributed by atoms with Crippen LogP contribution in [0.2, 0.25) is 5.02 Å². The highest BCUT2D eigenvalue weighted by atomic mass is 35.5. The lowest BCUT2D eigenvalue weighted by atomic mass is 10.0. The molecular formula is C28H29ClFN5O2. The maximum Gasteiger partial charge on any atom is 0.247 e. The molecule has 1 aromatic heterocycles. The van der Waals surface area contributed by atoms with Crippen LogP contribution in [0.25, 0.3) is 17.3 Å². The fourth-order valence-corrected chi connectivity index (χ4v) is 5.01. The lowest BCUT2D eigenvalue weighted by Gasteiger charge is -2.44. The van der Waals surface area contributed by atoms with Gasteiger partial charge < -0.3 is 10.2 Å². The minimum atomic E-state index is -0.251. The molecule has 1 N–H and O–H groups in total. The number of benzene rings is 2. The predicted molar refractivity (Wildman–Crippen MR) is 143 cm³/mol. The fraction of sp³-hybridized carbons (Fsp3) is 0.286. The van der Waals surface area contributed by atoms with Crippen molar-refractivity contribution in [1.29, 1.82) is 0 Å². The molecule has 37 heavy (non-hydrogen) atoms. The predicted octanol–water partition coefficient (Wildman–Crippen LogP) is 5.03. The summed E-state index contributed by atoms with van der Waals surface area (Å²) in [7, 11) is 0. The molecule has 3 aromatic rings. The van der Waals surface area contributed by atoms with Gasteiger partial charge in [0.05, 0.1) is 16.9 Å². The van der Waals surface area contributed by atoms with Crippen LogP contribution in [0.1, 0.15) is 31.9 Å². The average molecular weight is 522 g/mol. The second kappa shape index (κ2) is 11.6. The number of anilines is 1. The zero-order chi connectivity index (χ0) is 26.5. The van der Waals surface area contributed by atoms with Gasteiger partial charge in [-0.3, -0.25) is 24.5 Å². The van der Waals surface area contributed by atoms with Crippen molar-refractivity contribution in [2.45, 2.75) is 39.4 Å². The largest absolute Gasteiger partial charge is 0.331 e. The van der Waals surface area contributed by atoms with E-state index >= 15 is 0 Å². The third-order valence-corrected chi connectivity index (χ3v) is 6.58. The number of piperazine rings is 1. The van der Waals surface area contributed by atoms with Gasteiger partial charge in [-0.05, 0) is 55.3 Å². The van der Waals surface area contributed by atoms with Crippen molar-refractivity contribution < 1.29 is 14.0 Å². The van der Waals surface area contributed by atoms with Gasteiger partial charge >= 0.3 is 0 Å². The summed E-state index contributed by atoms with van der Waals surface area (Å²) < 4.78 is 13.2. The Morgan fingerprint density at radius 2 is 1.84 bits per heavy atom. The van der Waals surface area contributed by atoms with E-state index in [4.69, 9.17) is 11.6 Å². The molecule has 1 aliphatic heterocycles. The normalized spacial score (nSPS) is 18.2. The fourth-order valence-electron chi connectivity index (χ4n) is 4.75. The smallest absolute Gasteiger partial charge is 0.247 e. The van der Waals surface area contributed by atoms with Gasteiger partial charge in [-0.15, -0.1) is 0 Å². The lowest BCUT2D eigenvalue weighted by Crippen LogP contribution is -2.57. The number of nitrogens with one attached hydrogen (secondary N) is 1. The van der Waals surface area contributed by atoms with E-state index in [1.165, 1.54) is 25.1 Å². The van der Waals surface area contributed by atoms with E-state index in [1.807, 2.05) is 18.7 Å². The van der Waals surface area contributed by atoms with Gasteiger partial charge in [0, 0.05) is 68.4 Å². The van der Waals surface area contributed by atoms with Crippen LogP contribution in [0.5, 0.6) is 0 Å². The van der Waals surface area contributed by atoms with Crippen molar-refractivity contribution in [1.82, 2.24) is 19.8 Å². The molecule has 1 fully saturated rings. The van der Waals surface area contributed by atoms with Crippen molar-refractivity contribution in [2.24, 2.45) is 0 Å². The number of rotatable bonds is 6. The molecule has 9 heteroatoms. The number of carbonyl (C=O) groups excluding carboxylic acids is 2. The van der Waals surface area contributed by atoms with E-state index in [2.05, 4.69) is 20.2 Å². The quantitative estimate of drug-likeness (QED) is 0.460. The van der Waals surface area contributed by atoms with E-state index in [0.717, 1.165) is 5.56 Å². The number of aromatic nitrogens is 2. The second-order valence-corrected chi connectivity index (χ2v) is 9.70. The molecule has 4 rings (SSSR count). The number of hydrogen-bond acceptors (Lipinski definition) is 5. The first kappa shape index (κ1) is 26.4. The number of hydrogen-bond donors (Lipinski definition) is 1. The molecule has 0 bridgehead atoms. The van der Waals surface area contributed by atoms with Crippen molar-refractivity contribution in [3.8, 4) is 11.3 Å². The van der Waals surface area contributed by atoms with E-state index in [0.29, 0.717) is 47.2 Å². The Bertz CT molecular complexity index is 1290. The minimum absolute atomic E-state index is 0.0171. The summed E-state index contributed by atoms with van der Waals surface area (Å²) in [5, 5.41) is 3.19. The highest BCUT2D eigenvalue weighted by Gasteiger charge is 2.31. The zero-order valence-electron chi connectivity index (χ0n) is 21.0. The van der Waals surface area contributed by atoms with Gasteiger partial charge in [-0.1, -0.05) is 23.7 Å². The SMILES string of the molecule is CC(=O)Nc1cc(Cl)c(-c2cnccn2)cc1/C=C/C(=O)N1C(C)CN(Cc2ccc(F)cc2)CC1C. The van der Waals surface area contributed by atoms with Crippen LogP contribution in [0.4, 0.5) is 10.1 Å². The van der Waals surface area contributed by atoms with Gasteiger partial charge in [-0.2, -0.15) is 0 Å². The molecule has 2 amide bonds. The molecule has 0 saturated carbocycles. The second-order valence-electron chi connectivity index (χ2n) is 9.29. The van der Waals surface area contributed by atoms with E-state index in [-0.39, 0.29) is 29.7 Å². The van der Waals surface area contributed by atoms with E-state index in [1.54, 1.807) is 48.9 Å². The van der Waals surface area contributed by atoms with Crippen molar-refractivity contribution >= 4 is 35.2 Å². The Morgan fingerprint density at radius 1 is 1.14 bits per heavy atom. The summed E-state index contributed by atoms with van der Waals surface area (Å²) in [6, 6.07) is 9.92. The van der Waals surface area contributed by atoms with Gasteiger partial charge in [0.2, 0.25) is 11.8 Å². The highest BCUT2D eigenvalue weighted by molar-refractivity contribution is 6.33. The van der Waals surface area contributed by atoms with E-state index in [9.17, 15) is 14.0 Å². The molecule has 2 atom stereocenters. The number of halogens is 2. The molecule has 1 saturated heterocycles. The molecule has 0 aliphatic carbocycles. The summed E-state index contributed by atoms with van der Waals surface area (Å²) >= 11 is 6.48. The summed E-state index contributed by atoms with van der Waals surface area (Å²) in [6.45, 7) is 7.57. The Kier molecular flexibility index (Phi) is 8.31. The summed E-state index contributed by atoms with van der Waals surface area (Å²) in [5.41, 5.74) is 3.39. The van der Waals surface area contributed by atoms with Gasteiger partial charge in [0.15, 0.2) is 0 Å². The standard InChI is InChI=1S/C28H29ClFN5O2/c1-18-15-34(17-21-4-7-23(30)8-5-21)16-19(2)35(18)28(37)9-6-22-12-24(27-14-31-10-11-32-27)25(29)13-26(22)33-20(3)36/h4-14,18-19H,15-17H2,1-3H3,(H,33,36)/b9-6+. The van der Waals surface area contributed by atoms with Crippen LogP contribution in [-0.4, -0.2) is 56.8 Å². The molecule has 0 spiro atoms. The molecule has 192 valence electrons. The van der Waals surface area contributed by atoms with Crippen LogP contribution in [0, 0.1) is 5.82 Å². The van der Waals surface area contributed by atoms with E-state index < -0.39 is 0 Å². The van der Waals surface area contributed by atoms with Crippen LogP contribution in [0.15, 0.2) is 61.1 Å². The summed E-state index contributed by atoms with van der Waals surface area (Å²) in [6.07, 6.45) is 7.97. The monoisotopic (exact) mass is 521 g/mol. The topological polar surface area (TPSA) is 78.4 Å². The molecule has 2 heterocycles. The summed E-state index contributed by atoms with van der Waals surface area (Å²) in [4.78, 5) is 37.6. The summed E-state index contributed by atoms with van der Waals surface area (Å²) in [5.74, 6) is -0.617. The van der Waals surface area contributed by atoms with Crippen LogP contribution in [-0.2, 0) is 16.1 Å². The Morgan fingerprint density at radius 3 is 2.46 bits per heavy atom.